The Kier molecular flexibility index (Phi) is 3.54. The Morgan fingerprint density at radius 2 is 2.07 bits per heavy atom. The molecule has 82 valence electrons. The van der Waals surface area contributed by atoms with Gasteiger partial charge in [-0.25, -0.2) is 13.8 Å². The standard InChI is InChI=1S/C9H9F2NO3/c1-14-6-3-5(4-13)12-9(15-2)7(6)8(10)11/h3-4,8H,1-2H3. The van der Waals surface area contributed by atoms with Crippen LogP contribution >= 0.6 is 0 Å². The van der Waals surface area contributed by atoms with Crippen LogP contribution in [0.4, 0.5) is 8.78 Å². The van der Waals surface area contributed by atoms with Crippen LogP contribution in [0.3, 0.4) is 0 Å². The lowest BCUT2D eigenvalue weighted by molar-refractivity contribution is 0.111. The van der Waals surface area contributed by atoms with Crippen molar-refractivity contribution < 1.29 is 23.0 Å². The van der Waals surface area contributed by atoms with E-state index in [1.54, 1.807) is 0 Å². The zero-order valence-electron chi connectivity index (χ0n) is 8.16. The van der Waals surface area contributed by atoms with Gasteiger partial charge in [-0.05, 0) is 0 Å². The second kappa shape index (κ2) is 4.68. The van der Waals surface area contributed by atoms with Crippen molar-refractivity contribution >= 4 is 6.29 Å². The third-order valence-electron chi connectivity index (χ3n) is 1.76. The van der Waals surface area contributed by atoms with Crippen molar-refractivity contribution in [2.75, 3.05) is 14.2 Å². The number of aldehydes is 1. The molecule has 0 saturated carbocycles. The molecule has 0 aliphatic heterocycles. The number of nitrogens with zero attached hydrogens (tertiary/aromatic N) is 1. The third-order valence-corrected chi connectivity index (χ3v) is 1.76. The monoisotopic (exact) mass is 217 g/mol. The summed E-state index contributed by atoms with van der Waals surface area (Å²) in [5.41, 5.74) is -0.473. The van der Waals surface area contributed by atoms with Gasteiger partial charge in [0.2, 0.25) is 5.88 Å². The first-order valence-electron chi connectivity index (χ1n) is 4.00. The number of ether oxygens (including phenoxy) is 2. The van der Waals surface area contributed by atoms with Gasteiger partial charge in [0.1, 0.15) is 17.0 Å². The van der Waals surface area contributed by atoms with Crippen LogP contribution in [0.1, 0.15) is 22.5 Å². The van der Waals surface area contributed by atoms with Crippen LogP contribution in [-0.2, 0) is 0 Å². The molecule has 6 heteroatoms. The first kappa shape index (κ1) is 11.4. The maximum atomic E-state index is 12.6. The van der Waals surface area contributed by atoms with Gasteiger partial charge in [0.15, 0.2) is 6.29 Å². The SMILES string of the molecule is COc1cc(C=O)nc(OC)c1C(F)F. The van der Waals surface area contributed by atoms with Crippen LogP contribution < -0.4 is 9.47 Å². The van der Waals surface area contributed by atoms with Gasteiger partial charge < -0.3 is 9.47 Å². The molecule has 0 bridgehead atoms. The molecule has 0 aromatic carbocycles. The van der Waals surface area contributed by atoms with E-state index in [0.29, 0.717) is 6.29 Å². The van der Waals surface area contributed by atoms with Crippen LogP contribution in [0.15, 0.2) is 6.07 Å². The number of carbonyl (C=O) groups excluding carboxylic acids is 1. The van der Waals surface area contributed by atoms with Gasteiger partial charge in [0.25, 0.3) is 6.43 Å². The fourth-order valence-corrected chi connectivity index (χ4v) is 1.11. The van der Waals surface area contributed by atoms with Crippen LogP contribution in [-0.4, -0.2) is 25.5 Å². The summed E-state index contributed by atoms with van der Waals surface area (Å²) in [7, 11) is 2.43. The Balaban J connectivity index is 3.39. The van der Waals surface area contributed by atoms with E-state index in [1.165, 1.54) is 14.2 Å². The van der Waals surface area contributed by atoms with Crippen LogP contribution in [0.25, 0.3) is 0 Å². The van der Waals surface area contributed by atoms with E-state index in [-0.39, 0.29) is 17.3 Å². The topological polar surface area (TPSA) is 48.4 Å². The fraction of sp³-hybridized carbons (Fsp3) is 0.333. The number of carbonyl (C=O) groups is 1. The second-order valence-corrected chi connectivity index (χ2v) is 2.59. The average Bonchev–Trinajstić information content (AvgIpc) is 2.26. The summed E-state index contributed by atoms with van der Waals surface area (Å²) < 4.78 is 34.6. The number of hydrogen-bond acceptors (Lipinski definition) is 4. The van der Waals surface area contributed by atoms with E-state index in [0.717, 1.165) is 6.07 Å². The van der Waals surface area contributed by atoms with E-state index in [2.05, 4.69) is 9.72 Å². The normalized spacial score (nSPS) is 10.2. The molecule has 1 aromatic heterocycles. The highest BCUT2D eigenvalue weighted by molar-refractivity contribution is 5.73. The van der Waals surface area contributed by atoms with E-state index in [9.17, 15) is 13.6 Å². The second-order valence-electron chi connectivity index (χ2n) is 2.59. The molecular formula is C9H9F2NO3. The van der Waals surface area contributed by atoms with E-state index < -0.39 is 12.0 Å². The largest absolute Gasteiger partial charge is 0.496 e. The Bertz CT molecular complexity index is 343. The van der Waals surface area contributed by atoms with Gasteiger partial charge in [0, 0.05) is 6.07 Å². The third kappa shape index (κ3) is 2.20. The summed E-state index contributed by atoms with van der Waals surface area (Å²) in [6, 6.07) is 1.14. The predicted octanol–water partition coefficient (Wildman–Crippen LogP) is 1.85. The molecule has 0 atom stereocenters. The molecular weight excluding hydrogens is 208 g/mol. The Labute approximate surface area is 84.8 Å². The molecule has 0 aliphatic carbocycles. The first-order valence-corrected chi connectivity index (χ1v) is 4.00. The summed E-state index contributed by atoms with van der Waals surface area (Å²) in [5.74, 6) is -0.412. The van der Waals surface area contributed by atoms with Crippen molar-refractivity contribution in [1.29, 1.82) is 0 Å². The molecule has 0 amide bonds. The van der Waals surface area contributed by atoms with E-state index >= 15 is 0 Å². The van der Waals surface area contributed by atoms with E-state index in [1.807, 2.05) is 0 Å². The van der Waals surface area contributed by atoms with Crippen molar-refractivity contribution in [2.24, 2.45) is 0 Å². The maximum absolute atomic E-state index is 12.6. The molecule has 0 spiro atoms. The van der Waals surface area contributed by atoms with Gasteiger partial charge in [-0.15, -0.1) is 0 Å². The van der Waals surface area contributed by atoms with Crippen LogP contribution in [0.2, 0.25) is 0 Å². The Morgan fingerprint density at radius 1 is 1.40 bits per heavy atom. The summed E-state index contributed by atoms with van der Waals surface area (Å²) in [6.07, 6.45) is -2.34. The van der Waals surface area contributed by atoms with Crippen molar-refractivity contribution in [3.05, 3.63) is 17.3 Å². The molecule has 0 N–H and O–H groups in total. The fourth-order valence-electron chi connectivity index (χ4n) is 1.11. The number of alkyl halides is 2. The van der Waals surface area contributed by atoms with Gasteiger partial charge in [-0.1, -0.05) is 0 Å². The predicted molar refractivity (Wildman–Crippen MR) is 47.7 cm³/mol. The number of rotatable bonds is 4. The highest BCUT2D eigenvalue weighted by Crippen LogP contribution is 2.35. The highest BCUT2D eigenvalue weighted by Gasteiger charge is 2.22. The zero-order chi connectivity index (χ0) is 11.4. The lowest BCUT2D eigenvalue weighted by Crippen LogP contribution is -2.02. The van der Waals surface area contributed by atoms with Crippen molar-refractivity contribution in [3.63, 3.8) is 0 Å². The summed E-state index contributed by atoms with van der Waals surface area (Å²) in [5, 5.41) is 0. The van der Waals surface area contributed by atoms with Crippen molar-refractivity contribution in [1.82, 2.24) is 4.98 Å². The molecule has 0 fully saturated rings. The van der Waals surface area contributed by atoms with Gasteiger partial charge in [-0.3, -0.25) is 4.79 Å². The summed E-state index contributed by atoms with van der Waals surface area (Å²) in [4.78, 5) is 14.1. The lowest BCUT2D eigenvalue weighted by Gasteiger charge is -2.11. The average molecular weight is 217 g/mol. The molecule has 0 aliphatic rings. The molecule has 1 heterocycles. The molecule has 1 aromatic rings. The zero-order valence-corrected chi connectivity index (χ0v) is 8.16. The number of halogens is 2. The van der Waals surface area contributed by atoms with Gasteiger partial charge in [-0.2, -0.15) is 0 Å². The van der Waals surface area contributed by atoms with E-state index in [4.69, 9.17) is 4.74 Å². The Morgan fingerprint density at radius 3 is 2.47 bits per heavy atom. The number of pyridine rings is 1. The number of hydrogen-bond donors (Lipinski definition) is 0. The molecule has 1 rings (SSSR count). The summed E-state index contributed by atoms with van der Waals surface area (Å²) >= 11 is 0. The van der Waals surface area contributed by atoms with Crippen molar-refractivity contribution in [3.8, 4) is 11.6 Å². The highest BCUT2D eigenvalue weighted by atomic mass is 19.3. The minimum Gasteiger partial charge on any atom is -0.496 e. The quantitative estimate of drug-likeness (QED) is 0.722. The van der Waals surface area contributed by atoms with Gasteiger partial charge >= 0.3 is 0 Å². The van der Waals surface area contributed by atoms with Gasteiger partial charge in [0.05, 0.1) is 14.2 Å². The minimum atomic E-state index is -2.77. The lowest BCUT2D eigenvalue weighted by atomic mass is 10.2. The Hall–Kier alpha value is -1.72. The molecule has 0 saturated heterocycles. The first-order chi connectivity index (χ1) is 7.13. The molecule has 0 radical (unpaired) electrons. The van der Waals surface area contributed by atoms with Crippen LogP contribution in [0, 0.1) is 0 Å². The molecule has 15 heavy (non-hydrogen) atoms. The maximum Gasteiger partial charge on any atom is 0.272 e. The number of methoxy groups -OCH3 is 2. The molecule has 0 unspecified atom stereocenters. The molecule has 4 nitrogen and oxygen atoms in total. The van der Waals surface area contributed by atoms with Crippen molar-refractivity contribution in [2.45, 2.75) is 6.43 Å². The smallest absolute Gasteiger partial charge is 0.272 e. The number of aromatic nitrogens is 1. The summed E-state index contributed by atoms with van der Waals surface area (Å²) in [6.45, 7) is 0. The minimum absolute atomic E-state index is 0.0203. The van der Waals surface area contributed by atoms with Crippen LogP contribution in [0.5, 0.6) is 11.6 Å².